The van der Waals surface area contributed by atoms with Crippen LogP contribution in [-0.2, 0) is 9.59 Å². The van der Waals surface area contributed by atoms with Crippen LogP contribution in [0.25, 0.3) is 0 Å². The molecular formula is C21H20N3O4S-. The Morgan fingerprint density at radius 1 is 1.17 bits per heavy atom. The number of nitrogens with zero attached hydrogens (tertiary/aromatic N) is 2. The summed E-state index contributed by atoms with van der Waals surface area (Å²) in [7, 11) is 1.65. The van der Waals surface area contributed by atoms with Crippen molar-refractivity contribution in [2.75, 3.05) is 12.4 Å². The largest absolute Gasteiger partial charge is 0.545 e. The number of amidine groups is 1. The number of aryl methyl sites for hydroxylation is 2. The average molecular weight is 410 g/mol. The number of thioether (sulfide) groups is 1. The summed E-state index contributed by atoms with van der Waals surface area (Å²) in [6, 6.07) is 11.6. The topological polar surface area (TPSA) is 102 Å². The lowest BCUT2D eigenvalue weighted by atomic mass is 10.1. The van der Waals surface area contributed by atoms with E-state index in [1.807, 2.05) is 32.0 Å². The van der Waals surface area contributed by atoms with Gasteiger partial charge >= 0.3 is 0 Å². The van der Waals surface area contributed by atoms with E-state index >= 15 is 0 Å². The maximum Gasteiger partial charge on any atom is 0.242 e. The Morgan fingerprint density at radius 2 is 1.86 bits per heavy atom. The molecule has 0 aromatic heterocycles. The number of aromatic carboxylic acids is 1. The first-order chi connectivity index (χ1) is 13.7. The summed E-state index contributed by atoms with van der Waals surface area (Å²) in [6.07, 6.45) is -0.0120. The van der Waals surface area contributed by atoms with Crippen molar-refractivity contribution >= 4 is 46.1 Å². The molecule has 8 heteroatoms. The molecule has 3 rings (SSSR count). The highest BCUT2D eigenvalue weighted by Gasteiger charge is 2.37. The van der Waals surface area contributed by atoms with Crippen molar-refractivity contribution in [1.82, 2.24) is 4.90 Å². The van der Waals surface area contributed by atoms with Crippen LogP contribution in [0, 0.1) is 13.8 Å². The quantitative estimate of drug-likeness (QED) is 0.815. The van der Waals surface area contributed by atoms with E-state index in [4.69, 9.17) is 0 Å². The van der Waals surface area contributed by atoms with Crippen molar-refractivity contribution < 1.29 is 19.5 Å². The molecule has 2 amide bonds. The van der Waals surface area contributed by atoms with Gasteiger partial charge in [-0.05, 0) is 48.7 Å². The van der Waals surface area contributed by atoms with Crippen molar-refractivity contribution in [2.45, 2.75) is 25.5 Å². The SMILES string of the molecule is Cc1ccc(C)c(N=C2S[C@@H](CC(=O)Nc3ccc(C(=O)[O-])cc3)C(=O)N2C)c1. The van der Waals surface area contributed by atoms with Gasteiger partial charge in [-0.15, -0.1) is 0 Å². The van der Waals surface area contributed by atoms with Gasteiger partial charge in [-0.2, -0.15) is 0 Å². The number of hydrogen-bond acceptors (Lipinski definition) is 6. The van der Waals surface area contributed by atoms with Gasteiger partial charge in [-0.25, -0.2) is 4.99 Å². The fourth-order valence-electron chi connectivity index (χ4n) is 2.81. The number of carboxylic acids is 1. The van der Waals surface area contributed by atoms with Gasteiger partial charge in [0, 0.05) is 19.2 Å². The Morgan fingerprint density at radius 3 is 2.52 bits per heavy atom. The minimum Gasteiger partial charge on any atom is -0.545 e. The van der Waals surface area contributed by atoms with Crippen molar-refractivity contribution in [3.8, 4) is 0 Å². The molecule has 1 atom stereocenters. The normalized spacial score (nSPS) is 17.6. The van der Waals surface area contributed by atoms with Gasteiger partial charge in [0.1, 0.15) is 5.25 Å². The highest BCUT2D eigenvalue weighted by Crippen LogP contribution is 2.32. The monoisotopic (exact) mass is 410 g/mol. The summed E-state index contributed by atoms with van der Waals surface area (Å²) < 4.78 is 0. The first kappa shape index (κ1) is 20.6. The van der Waals surface area contributed by atoms with Gasteiger partial charge in [-0.1, -0.05) is 36.0 Å². The smallest absolute Gasteiger partial charge is 0.242 e. The third-order valence-corrected chi connectivity index (χ3v) is 5.73. The van der Waals surface area contributed by atoms with Gasteiger partial charge in [0.05, 0.1) is 11.7 Å². The van der Waals surface area contributed by atoms with Crippen molar-refractivity contribution in [3.05, 3.63) is 59.2 Å². The first-order valence-corrected chi connectivity index (χ1v) is 9.84. The average Bonchev–Trinajstić information content (AvgIpc) is 2.93. The summed E-state index contributed by atoms with van der Waals surface area (Å²) >= 11 is 1.26. The number of anilines is 1. The van der Waals surface area contributed by atoms with Crippen LogP contribution in [0.4, 0.5) is 11.4 Å². The predicted molar refractivity (Wildman–Crippen MR) is 111 cm³/mol. The van der Waals surface area contributed by atoms with Crippen LogP contribution in [-0.4, -0.2) is 40.1 Å². The number of nitrogens with one attached hydrogen (secondary N) is 1. The summed E-state index contributed by atoms with van der Waals surface area (Å²) in [5.41, 5.74) is 3.36. The first-order valence-electron chi connectivity index (χ1n) is 8.96. The highest BCUT2D eigenvalue weighted by atomic mass is 32.2. The molecule has 2 aromatic carbocycles. The van der Waals surface area contributed by atoms with Crippen LogP contribution >= 0.6 is 11.8 Å². The van der Waals surface area contributed by atoms with E-state index in [1.165, 1.54) is 40.9 Å². The molecule has 2 aromatic rings. The van der Waals surface area contributed by atoms with Crippen LogP contribution in [0.1, 0.15) is 27.9 Å². The van der Waals surface area contributed by atoms with Crippen LogP contribution < -0.4 is 10.4 Å². The summed E-state index contributed by atoms with van der Waals surface area (Å²) in [5, 5.41) is 13.4. The second-order valence-electron chi connectivity index (χ2n) is 6.81. The molecule has 0 spiro atoms. The molecule has 0 saturated carbocycles. The molecule has 0 unspecified atom stereocenters. The molecule has 1 N–H and O–H groups in total. The number of rotatable bonds is 5. The van der Waals surface area contributed by atoms with Crippen LogP contribution in [0.5, 0.6) is 0 Å². The van der Waals surface area contributed by atoms with Gasteiger partial charge < -0.3 is 15.2 Å². The maximum atomic E-state index is 12.5. The molecular weight excluding hydrogens is 390 g/mol. The number of carbonyl (C=O) groups is 3. The molecule has 0 radical (unpaired) electrons. The summed E-state index contributed by atoms with van der Waals surface area (Å²) in [5.74, 6) is -1.80. The van der Waals surface area contributed by atoms with E-state index in [0.29, 0.717) is 10.9 Å². The lowest BCUT2D eigenvalue weighted by Crippen LogP contribution is -2.30. The zero-order valence-corrected chi connectivity index (χ0v) is 17.1. The Bertz CT molecular complexity index is 1000. The van der Waals surface area contributed by atoms with E-state index in [2.05, 4.69) is 10.3 Å². The third kappa shape index (κ3) is 4.83. The fourth-order valence-corrected chi connectivity index (χ4v) is 3.96. The van der Waals surface area contributed by atoms with E-state index in [-0.39, 0.29) is 23.8 Å². The fraction of sp³-hybridized carbons (Fsp3) is 0.238. The van der Waals surface area contributed by atoms with E-state index in [0.717, 1.165) is 16.8 Å². The molecule has 7 nitrogen and oxygen atoms in total. The van der Waals surface area contributed by atoms with Crippen LogP contribution in [0.15, 0.2) is 47.5 Å². The summed E-state index contributed by atoms with van der Waals surface area (Å²) in [4.78, 5) is 41.7. The van der Waals surface area contributed by atoms with Crippen LogP contribution in [0.2, 0.25) is 0 Å². The number of carboxylic acid groups (broad SMARTS) is 1. The number of hydrogen-bond donors (Lipinski definition) is 1. The molecule has 29 heavy (non-hydrogen) atoms. The highest BCUT2D eigenvalue weighted by molar-refractivity contribution is 8.15. The molecule has 150 valence electrons. The van der Waals surface area contributed by atoms with Gasteiger partial charge in [0.25, 0.3) is 0 Å². The Balaban J connectivity index is 1.67. The van der Waals surface area contributed by atoms with Crippen molar-refractivity contribution in [2.24, 2.45) is 4.99 Å². The molecule has 1 aliphatic rings. The molecule has 0 bridgehead atoms. The second kappa shape index (κ2) is 8.48. The molecule has 0 aliphatic carbocycles. The van der Waals surface area contributed by atoms with Crippen molar-refractivity contribution in [3.63, 3.8) is 0 Å². The lowest BCUT2D eigenvalue weighted by Gasteiger charge is -2.10. The zero-order valence-electron chi connectivity index (χ0n) is 16.3. The van der Waals surface area contributed by atoms with Crippen molar-refractivity contribution in [1.29, 1.82) is 0 Å². The summed E-state index contributed by atoms with van der Waals surface area (Å²) in [6.45, 7) is 3.93. The molecule has 1 fully saturated rings. The minimum absolute atomic E-state index is 0.0120. The number of benzene rings is 2. The molecule has 1 saturated heterocycles. The standard InChI is InChI=1S/C21H21N3O4S/c1-12-4-5-13(2)16(10-12)23-21-24(3)19(26)17(29-21)11-18(25)22-15-8-6-14(7-9-15)20(27)28/h4-10,17H,11H2,1-3H3,(H,22,25)(H,27,28)/p-1/t17-/m0/s1. The minimum atomic E-state index is -1.28. The number of aliphatic imine (C=N–C) groups is 1. The Labute approximate surface area is 172 Å². The molecule has 1 heterocycles. The number of carbonyl (C=O) groups excluding carboxylic acids is 3. The van der Waals surface area contributed by atoms with E-state index in [1.54, 1.807) is 7.05 Å². The third-order valence-electron chi connectivity index (χ3n) is 4.50. The van der Waals surface area contributed by atoms with E-state index in [9.17, 15) is 19.5 Å². The van der Waals surface area contributed by atoms with Gasteiger partial charge in [-0.3, -0.25) is 14.5 Å². The number of amides is 2. The lowest BCUT2D eigenvalue weighted by molar-refractivity contribution is -0.255. The van der Waals surface area contributed by atoms with E-state index < -0.39 is 11.2 Å². The predicted octanol–water partition coefficient (Wildman–Crippen LogP) is 2.26. The van der Waals surface area contributed by atoms with Gasteiger partial charge in [0.15, 0.2) is 5.17 Å². The second-order valence-corrected chi connectivity index (χ2v) is 7.98. The molecule has 1 aliphatic heterocycles. The maximum absolute atomic E-state index is 12.5. The van der Waals surface area contributed by atoms with Crippen LogP contribution in [0.3, 0.4) is 0 Å². The zero-order chi connectivity index (χ0) is 21.1. The Kier molecular flexibility index (Phi) is 6.03. The van der Waals surface area contributed by atoms with Gasteiger partial charge in [0.2, 0.25) is 11.8 Å². The Hall–Kier alpha value is -3.13.